The van der Waals surface area contributed by atoms with Crippen molar-refractivity contribution in [3.05, 3.63) is 65.6 Å². The summed E-state index contributed by atoms with van der Waals surface area (Å²) in [5.74, 6) is 2.73. The summed E-state index contributed by atoms with van der Waals surface area (Å²) >= 11 is 8.07. The van der Waals surface area contributed by atoms with Crippen molar-refractivity contribution >= 4 is 29.3 Å². The van der Waals surface area contributed by atoms with Gasteiger partial charge in [-0.1, -0.05) is 23.7 Å². The molecule has 1 amide bonds. The van der Waals surface area contributed by atoms with E-state index in [1.165, 1.54) is 6.33 Å². The largest absolute Gasteiger partial charge is 0.491 e. The molecule has 1 aliphatic rings. The van der Waals surface area contributed by atoms with E-state index in [9.17, 15) is 4.79 Å². The van der Waals surface area contributed by atoms with Crippen molar-refractivity contribution in [2.24, 2.45) is 0 Å². The lowest BCUT2D eigenvalue weighted by Crippen LogP contribution is -2.25. The minimum absolute atomic E-state index is 0.114. The van der Waals surface area contributed by atoms with E-state index in [0.717, 1.165) is 22.8 Å². The minimum atomic E-state index is -0.114. The zero-order valence-electron chi connectivity index (χ0n) is 17.9. The number of halogens is 1. The molecule has 0 saturated carbocycles. The SMILES string of the molecule is CSCCNC(=O)c1ccc2c(c1)OCCn1cc(-c3ncnn3-c3ccccc3Cl)nc1-2. The molecule has 33 heavy (non-hydrogen) atoms. The van der Waals surface area contributed by atoms with Gasteiger partial charge >= 0.3 is 0 Å². The van der Waals surface area contributed by atoms with E-state index in [1.54, 1.807) is 28.6 Å². The third-order valence-corrected chi connectivity index (χ3v) is 6.23. The number of nitrogens with one attached hydrogen (secondary N) is 1. The van der Waals surface area contributed by atoms with Gasteiger partial charge in [0.2, 0.25) is 0 Å². The first-order valence-corrected chi connectivity index (χ1v) is 12.2. The molecule has 2 aromatic heterocycles. The number of thioether (sulfide) groups is 1. The smallest absolute Gasteiger partial charge is 0.251 e. The standard InChI is InChI=1S/C23H21ClN6O2S/c1-33-11-8-25-23(31)15-6-7-16-20(12-15)32-10-9-29-13-18(28-21(16)29)22-26-14-27-30(22)19-5-3-2-4-17(19)24/h2-7,12-14H,8-11H2,1H3,(H,25,31). The van der Waals surface area contributed by atoms with Crippen LogP contribution in [0.2, 0.25) is 5.02 Å². The Morgan fingerprint density at radius 2 is 2.12 bits per heavy atom. The summed E-state index contributed by atoms with van der Waals surface area (Å²) in [6, 6.07) is 12.9. The molecule has 5 rings (SSSR count). The molecular formula is C23H21ClN6O2S. The molecule has 1 aliphatic heterocycles. The highest BCUT2D eigenvalue weighted by Gasteiger charge is 2.23. The van der Waals surface area contributed by atoms with E-state index in [-0.39, 0.29) is 5.91 Å². The fourth-order valence-corrected chi connectivity index (χ4v) is 4.24. The molecule has 0 spiro atoms. The Morgan fingerprint density at radius 1 is 1.24 bits per heavy atom. The first-order valence-electron chi connectivity index (χ1n) is 10.4. The van der Waals surface area contributed by atoms with Crippen LogP contribution >= 0.6 is 23.4 Å². The van der Waals surface area contributed by atoms with Crippen LogP contribution in [-0.4, -0.2) is 55.4 Å². The number of carbonyl (C=O) groups excluding carboxylic acids is 1. The fourth-order valence-electron chi connectivity index (χ4n) is 3.72. The quantitative estimate of drug-likeness (QED) is 0.421. The van der Waals surface area contributed by atoms with Crippen molar-refractivity contribution < 1.29 is 9.53 Å². The maximum absolute atomic E-state index is 12.5. The van der Waals surface area contributed by atoms with E-state index in [2.05, 4.69) is 15.4 Å². The molecule has 10 heteroatoms. The first kappa shape index (κ1) is 21.5. The van der Waals surface area contributed by atoms with E-state index in [1.807, 2.05) is 47.4 Å². The van der Waals surface area contributed by atoms with Crippen LogP contribution in [0.3, 0.4) is 0 Å². The van der Waals surface area contributed by atoms with Gasteiger partial charge < -0.3 is 14.6 Å². The summed E-state index contributed by atoms with van der Waals surface area (Å²) in [6.45, 7) is 1.70. The van der Waals surface area contributed by atoms with E-state index < -0.39 is 0 Å². The van der Waals surface area contributed by atoms with Crippen LogP contribution in [0.4, 0.5) is 0 Å². The van der Waals surface area contributed by atoms with E-state index in [4.69, 9.17) is 21.3 Å². The summed E-state index contributed by atoms with van der Waals surface area (Å²) in [5, 5.41) is 7.86. The Balaban J connectivity index is 1.50. The van der Waals surface area contributed by atoms with Crippen LogP contribution in [0.5, 0.6) is 5.75 Å². The molecule has 0 aliphatic carbocycles. The highest BCUT2D eigenvalue weighted by molar-refractivity contribution is 7.98. The summed E-state index contributed by atoms with van der Waals surface area (Å²) in [6.07, 6.45) is 5.44. The number of hydrogen-bond donors (Lipinski definition) is 1. The summed E-state index contributed by atoms with van der Waals surface area (Å²) in [4.78, 5) is 21.8. The van der Waals surface area contributed by atoms with Crippen molar-refractivity contribution in [1.82, 2.24) is 29.6 Å². The number of benzene rings is 2. The van der Waals surface area contributed by atoms with Crippen LogP contribution in [0.25, 0.3) is 28.6 Å². The highest BCUT2D eigenvalue weighted by atomic mass is 35.5. The zero-order chi connectivity index (χ0) is 22.8. The first-order chi connectivity index (χ1) is 16.2. The van der Waals surface area contributed by atoms with Gasteiger partial charge in [-0.15, -0.1) is 0 Å². The summed E-state index contributed by atoms with van der Waals surface area (Å²) < 4.78 is 9.67. The predicted molar refractivity (Wildman–Crippen MR) is 129 cm³/mol. The Kier molecular flexibility index (Phi) is 6.06. The van der Waals surface area contributed by atoms with Crippen LogP contribution in [-0.2, 0) is 6.54 Å². The second-order valence-corrected chi connectivity index (χ2v) is 8.79. The third-order valence-electron chi connectivity index (χ3n) is 5.30. The van der Waals surface area contributed by atoms with Gasteiger partial charge in [0, 0.05) is 24.1 Å². The molecule has 1 N–H and O–H groups in total. The van der Waals surface area contributed by atoms with Gasteiger partial charge in [-0.25, -0.2) is 14.6 Å². The van der Waals surface area contributed by atoms with Crippen LogP contribution < -0.4 is 10.1 Å². The van der Waals surface area contributed by atoms with Crippen molar-refractivity contribution in [2.45, 2.75) is 6.54 Å². The average Bonchev–Trinajstić information content (AvgIpc) is 3.43. The van der Waals surface area contributed by atoms with Crippen molar-refractivity contribution in [2.75, 3.05) is 25.2 Å². The molecule has 2 aromatic carbocycles. The van der Waals surface area contributed by atoms with E-state index >= 15 is 0 Å². The Bertz CT molecular complexity index is 1320. The Hall–Kier alpha value is -3.30. The van der Waals surface area contributed by atoms with Gasteiger partial charge in [0.1, 0.15) is 30.2 Å². The van der Waals surface area contributed by atoms with Crippen molar-refractivity contribution in [3.8, 4) is 34.3 Å². The molecule has 3 heterocycles. The Labute approximate surface area is 200 Å². The van der Waals surface area contributed by atoms with E-state index in [0.29, 0.717) is 47.6 Å². The molecule has 168 valence electrons. The van der Waals surface area contributed by atoms with Crippen molar-refractivity contribution in [3.63, 3.8) is 0 Å². The van der Waals surface area contributed by atoms with Gasteiger partial charge in [0.05, 0.1) is 22.8 Å². The number of amides is 1. The number of carbonyl (C=O) groups is 1. The number of hydrogen-bond acceptors (Lipinski definition) is 6. The summed E-state index contributed by atoms with van der Waals surface area (Å²) in [5.41, 5.74) is 2.79. The summed E-state index contributed by atoms with van der Waals surface area (Å²) in [7, 11) is 0. The van der Waals surface area contributed by atoms with Crippen LogP contribution in [0.1, 0.15) is 10.4 Å². The molecule has 0 unspecified atom stereocenters. The van der Waals surface area contributed by atoms with Crippen LogP contribution in [0, 0.1) is 0 Å². The van der Waals surface area contributed by atoms with Gasteiger partial charge in [-0.05, 0) is 36.6 Å². The topological polar surface area (TPSA) is 86.9 Å². The number of imidazole rings is 1. The van der Waals surface area contributed by atoms with Crippen molar-refractivity contribution in [1.29, 1.82) is 0 Å². The highest BCUT2D eigenvalue weighted by Crippen LogP contribution is 2.35. The normalized spacial score (nSPS) is 12.4. The number of nitrogens with zero attached hydrogens (tertiary/aromatic N) is 5. The Morgan fingerprint density at radius 3 is 2.97 bits per heavy atom. The maximum atomic E-state index is 12.5. The average molecular weight is 481 g/mol. The second-order valence-electron chi connectivity index (χ2n) is 7.40. The van der Waals surface area contributed by atoms with Gasteiger partial charge in [-0.3, -0.25) is 4.79 Å². The maximum Gasteiger partial charge on any atom is 0.251 e. The minimum Gasteiger partial charge on any atom is -0.491 e. The lowest BCUT2D eigenvalue weighted by Gasteiger charge is -2.09. The molecule has 0 atom stereocenters. The number of fused-ring (bicyclic) bond motifs is 3. The molecular weight excluding hydrogens is 460 g/mol. The fraction of sp³-hybridized carbons (Fsp3) is 0.217. The number of ether oxygens (including phenoxy) is 1. The van der Waals surface area contributed by atoms with Gasteiger partial charge in [0.15, 0.2) is 5.82 Å². The molecule has 8 nitrogen and oxygen atoms in total. The van der Waals surface area contributed by atoms with Gasteiger partial charge in [-0.2, -0.15) is 16.9 Å². The number of rotatable bonds is 6. The van der Waals surface area contributed by atoms with Crippen LogP contribution in [0.15, 0.2) is 55.0 Å². The lowest BCUT2D eigenvalue weighted by atomic mass is 10.1. The second kappa shape index (κ2) is 9.29. The molecule has 0 radical (unpaired) electrons. The lowest BCUT2D eigenvalue weighted by molar-refractivity contribution is 0.0955. The molecule has 0 saturated heterocycles. The monoisotopic (exact) mass is 480 g/mol. The molecule has 0 bridgehead atoms. The number of aromatic nitrogens is 5. The predicted octanol–water partition coefficient (Wildman–Crippen LogP) is 3.94. The van der Waals surface area contributed by atoms with Gasteiger partial charge in [0.25, 0.3) is 5.91 Å². The zero-order valence-corrected chi connectivity index (χ0v) is 19.4. The molecule has 0 fully saturated rings. The molecule has 4 aromatic rings. The number of para-hydroxylation sites is 1. The third kappa shape index (κ3) is 4.21.